The van der Waals surface area contributed by atoms with E-state index in [-0.39, 0.29) is 12.5 Å². The standard InChI is InChI=1S/C13H21N3O2S/c14-10-8-12(16(9-10)11-2-3-11)13(18)15-4-7-19-6-1-5-17/h8-9,11,17H,1-7,14H2,(H,15,18). The molecule has 1 fully saturated rings. The lowest BCUT2D eigenvalue weighted by molar-refractivity contribution is 0.0946. The molecule has 2 rings (SSSR count). The van der Waals surface area contributed by atoms with Gasteiger partial charge >= 0.3 is 0 Å². The van der Waals surface area contributed by atoms with Gasteiger partial charge in [0.25, 0.3) is 5.91 Å². The molecule has 0 spiro atoms. The van der Waals surface area contributed by atoms with E-state index in [1.807, 2.05) is 10.8 Å². The number of nitrogens with two attached hydrogens (primary N) is 1. The Morgan fingerprint density at radius 2 is 2.32 bits per heavy atom. The largest absolute Gasteiger partial charge is 0.397 e. The summed E-state index contributed by atoms with van der Waals surface area (Å²) in [6.07, 6.45) is 4.92. The summed E-state index contributed by atoms with van der Waals surface area (Å²) in [6.45, 7) is 0.873. The van der Waals surface area contributed by atoms with Crippen LogP contribution in [0.15, 0.2) is 12.3 Å². The third kappa shape index (κ3) is 4.18. The number of nitrogen functional groups attached to an aromatic ring is 1. The molecule has 1 aromatic heterocycles. The van der Waals surface area contributed by atoms with E-state index in [4.69, 9.17) is 10.8 Å². The van der Waals surface area contributed by atoms with Gasteiger partial charge in [-0.25, -0.2) is 0 Å². The lowest BCUT2D eigenvalue weighted by Gasteiger charge is -2.08. The minimum Gasteiger partial charge on any atom is -0.397 e. The minimum atomic E-state index is -0.0497. The van der Waals surface area contributed by atoms with Crippen LogP contribution in [0.3, 0.4) is 0 Å². The van der Waals surface area contributed by atoms with Crippen molar-refractivity contribution in [1.29, 1.82) is 0 Å². The number of thioether (sulfide) groups is 1. The lowest BCUT2D eigenvalue weighted by Crippen LogP contribution is -2.27. The zero-order valence-electron chi connectivity index (χ0n) is 11.0. The smallest absolute Gasteiger partial charge is 0.268 e. The summed E-state index contributed by atoms with van der Waals surface area (Å²) >= 11 is 1.74. The molecule has 0 atom stereocenters. The van der Waals surface area contributed by atoms with Crippen molar-refractivity contribution in [1.82, 2.24) is 9.88 Å². The highest BCUT2D eigenvalue weighted by atomic mass is 32.2. The first-order valence-corrected chi connectivity index (χ1v) is 7.82. The maximum atomic E-state index is 12.1. The number of rotatable bonds is 8. The van der Waals surface area contributed by atoms with Crippen LogP contribution in [0, 0.1) is 0 Å². The normalized spacial score (nSPS) is 14.6. The molecule has 1 aliphatic rings. The van der Waals surface area contributed by atoms with E-state index < -0.39 is 0 Å². The Labute approximate surface area is 117 Å². The molecule has 4 N–H and O–H groups in total. The van der Waals surface area contributed by atoms with Crippen LogP contribution in [-0.2, 0) is 0 Å². The number of carbonyl (C=O) groups excluding carboxylic acids is 1. The zero-order chi connectivity index (χ0) is 13.7. The van der Waals surface area contributed by atoms with Crippen molar-refractivity contribution in [3.8, 4) is 0 Å². The molecule has 0 bridgehead atoms. The van der Waals surface area contributed by atoms with Gasteiger partial charge in [0.05, 0.1) is 5.69 Å². The summed E-state index contributed by atoms with van der Waals surface area (Å²) in [5.74, 6) is 1.75. The molecule has 1 aromatic rings. The Morgan fingerprint density at radius 1 is 1.53 bits per heavy atom. The quantitative estimate of drug-likeness (QED) is 0.627. The fourth-order valence-electron chi connectivity index (χ4n) is 1.93. The molecule has 0 aromatic carbocycles. The summed E-state index contributed by atoms with van der Waals surface area (Å²) in [6, 6.07) is 2.20. The van der Waals surface area contributed by atoms with E-state index in [9.17, 15) is 4.79 Å². The number of carbonyl (C=O) groups is 1. The maximum absolute atomic E-state index is 12.1. The SMILES string of the molecule is Nc1cc(C(=O)NCCSCCCO)n(C2CC2)c1. The number of hydrogen-bond acceptors (Lipinski definition) is 4. The predicted octanol–water partition coefficient (Wildman–Crippen LogP) is 1.25. The summed E-state index contributed by atoms with van der Waals surface area (Å²) in [5, 5.41) is 11.6. The Hall–Kier alpha value is -1.14. The average Bonchev–Trinajstić information content (AvgIpc) is 3.16. The average molecular weight is 283 g/mol. The first-order chi connectivity index (χ1) is 9.22. The van der Waals surface area contributed by atoms with E-state index in [0.717, 1.165) is 30.8 Å². The van der Waals surface area contributed by atoms with Crippen molar-refractivity contribution in [3.05, 3.63) is 18.0 Å². The molecule has 19 heavy (non-hydrogen) atoms. The van der Waals surface area contributed by atoms with Gasteiger partial charge < -0.3 is 20.7 Å². The van der Waals surface area contributed by atoms with Crippen molar-refractivity contribution in [2.45, 2.75) is 25.3 Å². The molecule has 106 valence electrons. The highest BCUT2D eigenvalue weighted by molar-refractivity contribution is 7.99. The molecule has 1 heterocycles. The Kier molecular flexibility index (Phi) is 5.15. The van der Waals surface area contributed by atoms with Crippen LogP contribution in [-0.4, -0.2) is 40.2 Å². The molecular weight excluding hydrogens is 262 g/mol. The van der Waals surface area contributed by atoms with E-state index in [1.54, 1.807) is 17.8 Å². The molecule has 0 unspecified atom stereocenters. The van der Waals surface area contributed by atoms with Gasteiger partial charge in [-0.1, -0.05) is 0 Å². The number of nitrogens with one attached hydrogen (secondary N) is 1. The van der Waals surface area contributed by atoms with Gasteiger partial charge in [0, 0.05) is 31.1 Å². The number of aliphatic hydroxyl groups excluding tert-OH is 1. The first-order valence-electron chi connectivity index (χ1n) is 6.66. The third-order valence-electron chi connectivity index (χ3n) is 3.02. The molecule has 5 nitrogen and oxygen atoms in total. The zero-order valence-corrected chi connectivity index (χ0v) is 11.8. The Balaban J connectivity index is 1.76. The Bertz CT molecular complexity index is 430. The van der Waals surface area contributed by atoms with Gasteiger partial charge in [0.2, 0.25) is 0 Å². The van der Waals surface area contributed by atoms with Crippen molar-refractivity contribution in [2.75, 3.05) is 30.4 Å². The number of anilines is 1. The second kappa shape index (κ2) is 6.86. The van der Waals surface area contributed by atoms with Gasteiger partial charge in [-0.05, 0) is 31.1 Å². The number of aromatic nitrogens is 1. The molecule has 0 aliphatic heterocycles. The number of hydrogen-bond donors (Lipinski definition) is 3. The van der Waals surface area contributed by atoms with E-state index in [0.29, 0.717) is 24.0 Å². The molecule has 0 radical (unpaired) electrons. The van der Waals surface area contributed by atoms with Gasteiger partial charge in [-0.3, -0.25) is 4.79 Å². The van der Waals surface area contributed by atoms with Crippen molar-refractivity contribution < 1.29 is 9.90 Å². The fourth-order valence-corrected chi connectivity index (χ4v) is 2.72. The van der Waals surface area contributed by atoms with Crippen LogP contribution < -0.4 is 11.1 Å². The minimum absolute atomic E-state index is 0.0497. The molecule has 1 amide bonds. The summed E-state index contributed by atoms with van der Waals surface area (Å²) in [4.78, 5) is 12.1. The number of aliphatic hydroxyl groups is 1. The third-order valence-corrected chi connectivity index (χ3v) is 4.09. The molecular formula is C13H21N3O2S. The monoisotopic (exact) mass is 283 g/mol. The second-order valence-electron chi connectivity index (χ2n) is 4.74. The van der Waals surface area contributed by atoms with Gasteiger partial charge in [0.15, 0.2) is 0 Å². The van der Waals surface area contributed by atoms with Crippen LogP contribution in [0.1, 0.15) is 35.8 Å². The number of nitrogens with zero attached hydrogens (tertiary/aromatic N) is 1. The van der Waals surface area contributed by atoms with Crippen molar-refractivity contribution in [2.24, 2.45) is 0 Å². The Morgan fingerprint density at radius 3 is 3.00 bits per heavy atom. The fraction of sp³-hybridized carbons (Fsp3) is 0.615. The molecule has 1 aliphatic carbocycles. The maximum Gasteiger partial charge on any atom is 0.268 e. The van der Waals surface area contributed by atoms with Gasteiger partial charge in [0.1, 0.15) is 5.69 Å². The van der Waals surface area contributed by atoms with Crippen LogP contribution in [0.5, 0.6) is 0 Å². The van der Waals surface area contributed by atoms with E-state index >= 15 is 0 Å². The first kappa shape index (κ1) is 14.3. The number of amides is 1. The van der Waals surface area contributed by atoms with Crippen molar-refractivity contribution >= 4 is 23.4 Å². The molecule has 6 heteroatoms. The van der Waals surface area contributed by atoms with E-state index in [2.05, 4.69) is 5.32 Å². The molecule has 0 saturated heterocycles. The predicted molar refractivity (Wildman–Crippen MR) is 78.5 cm³/mol. The molecule has 1 saturated carbocycles. The second-order valence-corrected chi connectivity index (χ2v) is 5.97. The van der Waals surface area contributed by atoms with Crippen molar-refractivity contribution in [3.63, 3.8) is 0 Å². The highest BCUT2D eigenvalue weighted by Crippen LogP contribution is 2.37. The van der Waals surface area contributed by atoms with Crippen LogP contribution >= 0.6 is 11.8 Å². The van der Waals surface area contributed by atoms with Gasteiger partial charge in [-0.2, -0.15) is 11.8 Å². The van der Waals surface area contributed by atoms with Crippen LogP contribution in [0.4, 0.5) is 5.69 Å². The summed E-state index contributed by atoms with van der Waals surface area (Å²) < 4.78 is 1.99. The van der Waals surface area contributed by atoms with Crippen LogP contribution in [0.25, 0.3) is 0 Å². The van der Waals surface area contributed by atoms with E-state index in [1.165, 1.54) is 0 Å². The topological polar surface area (TPSA) is 80.3 Å². The lowest BCUT2D eigenvalue weighted by atomic mass is 10.3. The van der Waals surface area contributed by atoms with Gasteiger partial charge in [-0.15, -0.1) is 0 Å². The van der Waals surface area contributed by atoms with Crippen LogP contribution in [0.2, 0.25) is 0 Å². The highest BCUT2D eigenvalue weighted by Gasteiger charge is 2.27. The summed E-state index contributed by atoms with van der Waals surface area (Å²) in [7, 11) is 0. The summed E-state index contributed by atoms with van der Waals surface area (Å²) in [5.41, 5.74) is 7.08.